The molecule has 0 bridgehead atoms. The van der Waals surface area contributed by atoms with Crippen LogP contribution in [0.25, 0.3) is 0 Å². The van der Waals surface area contributed by atoms with Gasteiger partial charge in [0.25, 0.3) is 11.8 Å². The first-order valence-electron chi connectivity index (χ1n) is 9.15. The first-order valence-corrected chi connectivity index (χ1v) is 10.5. The van der Waals surface area contributed by atoms with Crippen molar-refractivity contribution in [2.75, 3.05) is 25.4 Å². The number of nitrogens with zero attached hydrogens (tertiary/aromatic N) is 2. The van der Waals surface area contributed by atoms with Gasteiger partial charge >= 0.3 is 0 Å². The number of hydrogen-bond acceptors (Lipinski definition) is 3. The van der Waals surface area contributed by atoms with Gasteiger partial charge in [0, 0.05) is 41.5 Å². The number of benzene rings is 2. The number of piperidine rings is 1. The third-order valence-corrected chi connectivity index (χ3v) is 7.13. The van der Waals surface area contributed by atoms with Gasteiger partial charge in [0.15, 0.2) is 0 Å². The number of hydrogen-bond donors (Lipinski definition) is 0. The first kappa shape index (κ1) is 18.4. The van der Waals surface area contributed by atoms with Crippen LogP contribution in [-0.2, 0) is 0 Å². The van der Waals surface area contributed by atoms with Gasteiger partial charge in [0.05, 0.1) is 4.87 Å². The predicted molar refractivity (Wildman–Crippen MR) is 109 cm³/mol. The summed E-state index contributed by atoms with van der Waals surface area (Å²) in [5, 5.41) is 0.570. The molecule has 2 aromatic rings. The summed E-state index contributed by atoms with van der Waals surface area (Å²) in [5.74, 6) is 1.05. The number of thioether (sulfide) groups is 1. The minimum Gasteiger partial charge on any atom is -0.338 e. The fourth-order valence-electron chi connectivity index (χ4n) is 3.91. The van der Waals surface area contributed by atoms with E-state index in [0.717, 1.165) is 30.7 Å². The van der Waals surface area contributed by atoms with Crippen molar-refractivity contribution < 1.29 is 9.59 Å². The van der Waals surface area contributed by atoms with Gasteiger partial charge in [0.2, 0.25) is 0 Å². The molecule has 6 heteroatoms. The first-order chi connectivity index (χ1) is 13.1. The monoisotopic (exact) mass is 400 g/mol. The lowest BCUT2D eigenvalue weighted by molar-refractivity contribution is 0.0498. The maximum Gasteiger partial charge on any atom is 0.254 e. The Hall–Kier alpha value is -1.98. The van der Waals surface area contributed by atoms with Crippen LogP contribution in [0.5, 0.6) is 0 Å². The van der Waals surface area contributed by atoms with E-state index in [1.165, 1.54) is 0 Å². The van der Waals surface area contributed by atoms with Crippen LogP contribution in [0.1, 0.15) is 33.6 Å². The molecular formula is C21H21ClN2O2S. The second-order valence-electron chi connectivity index (χ2n) is 6.92. The third-order valence-electron chi connectivity index (χ3n) is 5.35. The summed E-state index contributed by atoms with van der Waals surface area (Å²) in [7, 11) is 0. The molecule has 0 unspecified atom stereocenters. The van der Waals surface area contributed by atoms with Crippen LogP contribution in [0.15, 0.2) is 54.6 Å². The maximum atomic E-state index is 13.0. The van der Waals surface area contributed by atoms with Gasteiger partial charge in [-0.05, 0) is 43.2 Å². The fourth-order valence-corrected chi connectivity index (χ4v) is 5.55. The van der Waals surface area contributed by atoms with Crippen molar-refractivity contribution in [3.8, 4) is 0 Å². The number of halogens is 1. The summed E-state index contributed by atoms with van der Waals surface area (Å²) in [5.41, 5.74) is 1.35. The maximum absolute atomic E-state index is 13.0. The number of carbonyl (C=O) groups is 2. The van der Waals surface area contributed by atoms with Gasteiger partial charge in [-0.25, -0.2) is 0 Å². The molecule has 2 aliphatic rings. The highest BCUT2D eigenvalue weighted by Crippen LogP contribution is 2.44. The quantitative estimate of drug-likeness (QED) is 0.759. The number of rotatable bonds is 2. The zero-order valence-electron chi connectivity index (χ0n) is 14.9. The molecule has 0 aliphatic carbocycles. The van der Waals surface area contributed by atoms with Crippen molar-refractivity contribution in [1.82, 2.24) is 9.80 Å². The van der Waals surface area contributed by atoms with Gasteiger partial charge in [-0.1, -0.05) is 35.9 Å². The van der Waals surface area contributed by atoms with Gasteiger partial charge < -0.3 is 9.80 Å². The highest BCUT2D eigenvalue weighted by atomic mass is 35.5. The van der Waals surface area contributed by atoms with E-state index in [9.17, 15) is 9.59 Å². The molecule has 0 aromatic heterocycles. The summed E-state index contributed by atoms with van der Waals surface area (Å²) >= 11 is 7.88. The molecule has 2 aliphatic heterocycles. The summed E-state index contributed by atoms with van der Waals surface area (Å²) in [6.07, 6.45) is 1.59. The second-order valence-corrected chi connectivity index (χ2v) is 8.81. The lowest BCUT2D eigenvalue weighted by atomic mass is 10.00. The molecule has 2 heterocycles. The highest BCUT2D eigenvalue weighted by molar-refractivity contribution is 8.00. The van der Waals surface area contributed by atoms with E-state index in [1.54, 1.807) is 24.3 Å². The van der Waals surface area contributed by atoms with Crippen LogP contribution < -0.4 is 0 Å². The standard InChI is InChI=1S/C21H21ClN2O2S/c22-18-8-4-7-17(15-18)19(25)23-11-9-21(10-12-23)24(13-14-27-21)20(26)16-5-2-1-3-6-16/h1-8,15H,9-14H2. The topological polar surface area (TPSA) is 40.6 Å². The van der Waals surface area contributed by atoms with Crippen molar-refractivity contribution in [3.05, 3.63) is 70.7 Å². The van der Waals surface area contributed by atoms with Crippen LogP contribution in [0, 0.1) is 0 Å². The summed E-state index contributed by atoms with van der Waals surface area (Å²) in [4.78, 5) is 29.5. The Morgan fingerprint density at radius 3 is 2.30 bits per heavy atom. The SMILES string of the molecule is O=C(c1cccc(Cl)c1)N1CCC2(CC1)SCCN2C(=O)c1ccccc1. The minimum absolute atomic E-state index is 0.0104. The second kappa shape index (κ2) is 7.56. The number of likely N-dealkylation sites (tertiary alicyclic amines) is 1. The smallest absolute Gasteiger partial charge is 0.254 e. The molecule has 2 fully saturated rings. The molecule has 0 atom stereocenters. The molecule has 140 valence electrons. The van der Waals surface area contributed by atoms with Gasteiger partial charge in [-0.15, -0.1) is 11.8 Å². The molecule has 0 radical (unpaired) electrons. The lowest BCUT2D eigenvalue weighted by Crippen LogP contribution is -2.53. The van der Waals surface area contributed by atoms with E-state index in [-0.39, 0.29) is 16.7 Å². The van der Waals surface area contributed by atoms with Crippen molar-refractivity contribution in [2.45, 2.75) is 17.7 Å². The molecule has 2 saturated heterocycles. The van der Waals surface area contributed by atoms with Crippen LogP contribution >= 0.6 is 23.4 Å². The molecule has 27 heavy (non-hydrogen) atoms. The van der Waals surface area contributed by atoms with Crippen molar-refractivity contribution >= 4 is 35.2 Å². The van der Waals surface area contributed by atoms with Gasteiger partial charge in [-0.3, -0.25) is 9.59 Å². The van der Waals surface area contributed by atoms with E-state index in [0.29, 0.717) is 23.7 Å². The van der Waals surface area contributed by atoms with E-state index in [1.807, 2.05) is 51.9 Å². The summed E-state index contributed by atoms with van der Waals surface area (Å²) < 4.78 is 0. The van der Waals surface area contributed by atoms with Crippen LogP contribution in [0.4, 0.5) is 0 Å². The Labute approximate surface area is 168 Å². The molecule has 4 rings (SSSR count). The molecular weight excluding hydrogens is 380 g/mol. The Morgan fingerprint density at radius 1 is 0.889 bits per heavy atom. The van der Waals surface area contributed by atoms with Crippen LogP contribution in [0.2, 0.25) is 5.02 Å². The van der Waals surface area contributed by atoms with E-state index < -0.39 is 0 Å². The van der Waals surface area contributed by atoms with Crippen molar-refractivity contribution in [2.24, 2.45) is 0 Å². The molecule has 4 nitrogen and oxygen atoms in total. The normalized spacial score (nSPS) is 18.7. The van der Waals surface area contributed by atoms with Gasteiger partial charge in [-0.2, -0.15) is 0 Å². The molecule has 2 aromatic carbocycles. The average molecular weight is 401 g/mol. The highest BCUT2D eigenvalue weighted by Gasteiger charge is 2.47. The van der Waals surface area contributed by atoms with Crippen molar-refractivity contribution in [3.63, 3.8) is 0 Å². The van der Waals surface area contributed by atoms with E-state index in [2.05, 4.69) is 0 Å². The largest absolute Gasteiger partial charge is 0.338 e. The van der Waals surface area contributed by atoms with E-state index >= 15 is 0 Å². The molecule has 2 amide bonds. The molecule has 0 N–H and O–H groups in total. The minimum atomic E-state index is -0.196. The Morgan fingerprint density at radius 2 is 1.59 bits per heavy atom. The fraction of sp³-hybridized carbons (Fsp3) is 0.333. The number of amides is 2. The third kappa shape index (κ3) is 3.58. The Balaban J connectivity index is 1.47. The number of carbonyl (C=O) groups excluding carboxylic acids is 2. The van der Waals surface area contributed by atoms with Crippen LogP contribution in [-0.4, -0.2) is 51.9 Å². The predicted octanol–water partition coefficient (Wildman–Crippen LogP) is 4.16. The Bertz CT molecular complexity index is 850. The average Bonchev–Trinajstić information content (AvgIpc) is 3.11. The summed E-state index contributed by atoms with van der Waals surface area (Å²) in [6.45, 7) is 2.06. The van der Waals surface area contributed by atoms with Crippen molar-refractivity contribution in [1.29, 1.82) is 0 Å². The van der Waals surface area contributed by atoms with E-state index in [4.69, 9.17) is 11.6 Å². The lowest BCUT2D eigenvalue weighted by Gasteiger charge is -2.44. The Kier molecular flexibility index (Phi) is 5.15. The van der Waals surface area contributed by atoms with Gasteiger partial charge in [0.1, 0.15) is 0 Å². The summed E-state index contributed by atoms with van der Waals surface area (Å²) in [6, 6.07) is 16.5. The van der Waals surface area contributed by atoms with Crippen LogP contribution in [0.3, 0.4) is 0 Å². The zero-order chi connectivity index (χ0) is 18.9. The molecule has 0 saturated carbocycles. The zero-order valence-corrected chi connectivity index (χ0v) is 16.5. The molecule has 1 spiro atoms.